The average Bonchev–Trinajstić information content (AvgIpc) is 3.50. The van der Waals surface area contributed by atoms with E-state index in [0.29, 0.717) is 22.7 Å². The third-order valence-corrected chi connectivity index (χ3v) is 6.85. The van der Waals surface area contributed by atoms with Crippen LogP contribution in [0.5, 0.6) is 0 Å². The van der Waals surface area contributed by atoms with Crippen LogP contribution in [0.4, 0.5) is 0 Å². The summed E-state index contributed by atoms with van der Waals surface area (Å²) in [5, 5.41) is 1.90. The first-order chi connectivity index (χ1) is 15.4. The second-order valence-corrected chi connectivity index (χ2v) is 8.59. The van der Waals surface area contributed by atoms with Crippen molar-refractivity contribution in [1.82, 2.24) is 0 Å². The summed E-state index contributed by atoms with van der Waals surface area (Å²) in [6.45, 7) is 0. The van der Waals surface area contributed by atoms with E-state index in [1.165, 1.54) is 32.7 Å². The van der Waals surface area contributed by atoms with Crippen LogP contribution in [0.15, 0.2) is 59.5 Å². The van der Waals surface area contributed by atoms with Crippen molar-refractivity contribution >= 4 is 40.8 Å². The first kappa shape index (κ1) is 21.8. The Morgan fingerprint density at radius 3 is 2.12 bits per heavy atom. The van der Waals surface area contributed by atoms with Gasteiger partial charge in [0.05, 0.1) is 26.2 Å². The third-order valence-electron chi connectivity index (χ3n) is 5.96. The van der Waals surface area contributed by atoms with E-state index in [1.807, 2.05) is 47.8 Å². The number of carbonyl (C=O) groups is 3. The number of rotatable bonds is 5. The average molecular weight is 455 g/mol. The molecule has 0 spiro atoms. The van der Waals surface area contributed by atoms with Gasteiger partial charge in [0.2, 0.25) is 0 Å². The van der Waals surface area contributed by atoms with Gasteiger partial charge in [0.25, 0.3) is 0 Å². The predicted octanol–water partition coefficient (Wildman–Crippen LogP) is 3.82. The molecule has 0 bridgehead atoms. The summed E-state index contributed by atoms with van der Waals surface area (Å²) in [6, 6.07) is 13.0. The molecule has 7 nitrogen and oxygen atoms in total. The standard InChI is InChI=1S/C24H22O7S/c1-28-20(25)23-13-17(18-10-7-11-32-18)31-19(15-8-5-4-6-9-15)16(23)12-24(14-23,21(26)29-2)22(27)30-3/h4-11,13H,12,14H2,1-3H3. The molecule has 1 aromatic heterocycles. The zero-order chi connectivity index (χ0) is 22.9. The van der Waals surface area contributed by atoms with Gasteiger partial charge >= 0.3 is 17.9 Å². The second-order valence-electron chi connectivity index (χ2n) is 7.64. The maximum atomic E-state index is 13.3. The van der Waals surface area contributed by atoms with Crippen LogP contribution in [-0.2, 0) is 33.3 Å². The quantitative estimate of drug-likeness (QED) is 0.386. The van der Waals surface area contributed by atoms with E-state index in [9.17, 15) is 14.4 Å². The molecular weight excluding hydrogens is 432 g/mol. The molecule has 0 amide bonds. The fourth-order valence-corrected chi connectivity index (χ4v) is 5.19. The molecule has 1 unspecified atom stereocenters. The first-order valence-corrected chi connectivity index (χ1v) is 10.8. The highest BCUT2D eigenvalue weighted by Crippen LogP contribution is 2.61. The maximum Gasteiger partial charge on any atom is 0.323 e. The van der Waals surface area contributed by atoms with Crippen LogP contribution in [0.2, 0.25) is 0 Å². The van der Waals surface area contributed by atoms with Gasteiger partial charge in [-0.25, -0.2) is 0 Å². The van der Waals surface area contributed by atoms with Gasteiger partial charge in [-0.2, -0.15) is 0 Å². The second kappa shape index (κ2) is 8.27. The van der Waals surface area contributed by atoms with Crippen LogP contribution in [0.1, 0.15) is 23.3 Å². The van der Waals surface area contributed by atoms with Crippen molar-refractivity contribution in [2.24, 2.45) is 10.8 Å². The molecule has 1 saturated carbocycles. The van der Waals surface area contributed by atoms with Gasteiger partial charge in [-0.1, -0.05) is 36.4 Å². The summed E-state index contributed by atoms with van der Waals surface area (Å²) in [5.41, 5.74) is -1.92. The minimum absolute atomic E-state index is 0.0973. The molecule has 2 aromatic rings. The highest BCUT2D eigenvalue weighted by molar-refractivity contribution is 7.11. The monoisotopic (exact) mass is 454 g/mol. The Bertz CT molecular complexity index is 1100. The smallest absolute Gasteiger partial charge is 0.323 e. The molecule has 1 aliphatic heterocycles. The Morgan fingerprint density at radius 2 is 1.56 bits per heavy atom. The Labute approximate surface area is 189 Å². The molecule has 8 heteroatoms. The number of fused-ring (bicyclic) bond motifs is 1. The van der Waals surface area contributed by atoms with Gasteiger partial charge in [0.15, 0.2) is 5.41 Å². The van der Waals surface area contributed by atoms with Crippen molar-refractivity contribution in [3.8, 4) is 0 Å². The molecule has 1 atom stereocenters. The molecule has 1 fully saturated rings. The molecule has 0 radical (unpaired) electrons. The Hall–Kier alpha value is -3.39. The van der Waals surface area contributed by atoms with Gasteiger partial charge in [0, 0.05) is 12.0 Å². The molecule has 1 aliphatic carbocycles. The summed E-state index contributed by atoms with van der Waals surface area (Å²) in [7, 11) is 3.69. The number of methoxy groups -OCH3 is 3. The molecule has 2 heterocycles. The van der Waals surface area contributed by atoms with Crippen molar-refractivity contribution in [3.63, 3.8) is 0 Å². The molecule has 32 heavy (non-hydrogen) atoms. The lowest BCUT2D eigenvalue weighted by molar-refractivity contribution is -0.169. The van der Waals surface area contributed by atoms with Crippen LogP contribution in [0.3, 0.4) is 0 Å². The topological polar surface area (TPSA) is 88.1 Å². The van der Waals surface area contributed by atoms with Gasteiger partial charge in [-0.15, -0.1) is 11.3 Å². The Balaban J connectivity index is 2.02. The minimum Gasteiger partial charge on any atom is -0.468 e. The minimum atomic E-state index is -1.71. The number of esters is 3. The van der Waals surface area contributed by atoms with Gasteiger partial charge < -0.3 is 18.9 Å². The fourth-order valence-electron chi connectivity index (χ4n) is 4.51. The number of ether oxygens (including phenoxy) is 4. The lowest BCUT2D eigenvalue weighted by atomic mass is 9.76. The van der Waals surface area contributed by atoms with E-state index >= 15 is 0 Å². The zero-order valence-electron chi connectivity index (χ0n) is 17.9. The fraction of sp³-hybridized carbons (Fsp3) is 0.292. The highest BCUT2D eigenvalue weighted by Gasteiger charge is 2.66. The summed E-state index contributed by atoms with van der Waals surface area (Å²) < 4.78 is 21.5. The van der Waals surface area contributed by atoms with Gasteiger partial charge in [0.1, 0.15) is 16.9 Å². The van der Waals surface area contributed by atoms with Crippen LogP contribution in [0, 0.1) is 10.8 Å². The van der Waals surface area contributed by atoms with Crippen molar-refractivity contribution < 1.29 is 33.3 Å². The largest absolute Gasteiger partial charge is 0.468 e. The van der Waals surface area contributed by atoms with E-state index in [-0.39, 0.29) is 12.8 Å². The lowest BCUT2D eigenvalue weighted by Gasteiger charge is -2.32. The molecule has 1 aromatic carbocycles. The summed E-state index contributed by atoms with van der Waals surface area (Å²) in [5.74, 6) is -1.26. The number of hydrogen-bond donors (Lipinski definition) is 0. The highest BCUT2D eigenvalue weighted by atomic mass is 32.1. The van der Waals surface area contributed by atoms with Crippen LogP contribution >= 0.6 is 11.3 Å². The summed E-state index contributed by atoms with van der Waals surface area (Å²) in [4.78, 5) is 40.0. The Morgan fingerprint density at radius 1 is 0.906 bits per heavy atom. The Kier molecular flexibility index (Phi) is 5.64. The van der Waals surface area contributed by atoms with E-state index in [1.54, 1.807) is 6.08 Å². The van der Waals surface area contributed by atoms with E-state index < -0.39 is 28.7 Å². The molecule has 166 valence electrons. The van der Waals surface area contributed by atoms with Crippen molar-refractivity contribution in [2.45, 2.75) is 12.8 Å². The molecule has 4 rings (SSSR count). The molecule has 0 N–H and O–H groups in total. The number of thiophene rings is 1. The number of hydrogen-bond acceptors (Lipinski definition) is 8. The zero-order valence-corrected chi connectivity index (χ0v) is 18.7. The van der Waals surface area contributed by atoms with E-state index in [4.69, 9.17) is 18.9 Å². The predicted molar refractivity (Wildman–Crippen MR) is 117 cm³/mol. The first-order valence-electron chi connectivity index (χ1n) is 9.91. The number of carbonyl (C=O) groups excluding carboxylic acids is 3. The lowest BCUT2D eigenvalue weighted by Crippen LogP contribution is -2.41. The van der Waals surface area contributed by atoms with Crippen molar-refractivity contribution in [1.29, 1.82) is 0 Å². The van der Waals surface area contributed by atoms with Crippen molar-refractivity contribution in [3.05, 3.63) is 69.9 Å². The van der Waals surface area contributed by atoms with Crippen molar-refractivity contribution in [2.75, 3.05) is 21.3 Å². The normalized spacial score (nSPS) is 21.2. The van der Waals surface area contributed by atoms with Crippen LogP contribution < -0.4 is 0 Å². The van der Waals surface area contributed by atoms with Gasteiger partial charge in [-0.05, 0) is 29.5 Å². The SMILES string of the molecule is COC(=O)C12C=C(c3cccs3)OC(c3ccccc3)=C1CC(C(=O)OC)(C(=O)OC)C2. The molecule has 2 aliphatic rings. The third kappa shape index (κ3) is 3.22. The molecular formula is C24H22O7S. The van der Waals surface area contributed by atoms with Crippen LogP contribution in [-0.4, -0.2) is 39.2 Å². The number of benzene rings is 1. The van der Waals surface area contributed by atoms with E-state index in [2.05, 4.69) is 0 Å². The maximum absolute atomic E-state index is 13.3. The van der Waals surface area contributed by atoms with Crippen LogP contribution in [0.25, 0.3) is 11.5 Å². The summed E-state index contributed by atoms with van der Waals surface area (Å²) >= 11 is 1.45. The molecule has 0 saturated heterocycles. The van der Waals surface area contributed by atoms with E-state index in [0.717, 1.165) is 4.88 Å². The summed E-state index contributed by atoms with van der Waals surface area (Å²) in [6.07, 6.45) is 1.37. The van der Waals surface area contributed by atoms with Gasteiger partial charge in [-0.3, -0.25) is 14.4 Å².